The maximum Gasteiger partial charge on any atom is 0.494 e. The van der Waals surface area contributed by atoms with E-state index in [4.69, 9.17) is 9.31 Å². The Morgan fingerprint density at radius 1 is 0.917 bits per heavy atom. The Morgan fingerprint density at radius 2 is 1.50 bits per heavy atom. The topological polar surface area (TPSA) is 61.6 Å². The largest absolute Gasteiger partial charge is 0.494 e. The van der Waals surface area contributed by atoms with E-state index in [1.165, 1.54) is 6.07 Å². The molecule has 0 N–H and O–H groups in total. The lowest BCUT2D eigenvalue weighted by molar-refractivity contribution is -0.384. The lowest BCUT2D eigenvalue weighted by atomic mass is 9.78. The van der Waals surface area contributed by atoms with Crippen LogP contribution in [-0.4, -0.2) is 23.2 Å². The molecule has 0 spiro atoms. The Labute approximate surface area is 141 Å². The average Bonchev–Trinajstić information content (AvgIpc) is 2.76. The first-order valence-corrected chi connectivity index (χ1v) is 7.90. The van der Waals surface area contributed by atoms with Gasteiger partial charge in [-0.05, 0) is 44.3 Å². The van der Waals surface area contributed by atoms with E-state index in [1.807, 2.05) is 58.0 Å². The van der Waals surface area contributed by atoms with Gasteiger partial charge in [0.2, 0.25) is 0 Å². The standard InChI is InChI=1S/C18H20BNO4/c1-17(2)18(3,4)24-19(23-17)15-10-8-13(9-11-15)14-6-5-7-16(12-14)20(21)22/h5-12H,1-4H3. The zero-order chi connectivity index (χ0) is 17.5. The molecule has 0 aromatic heterocycles. The van der Waals surface area contributed by atoms with E-state index >= 15 is 0 Å². The van der Waals surface area contributed by atoms with E-state index in [0.717, 1.165) is 16.6 Å². The summed E-state index contributed by atoms with van der Waals surface area (Å²) in [5.41, 5.74) is 1.99. The number of hydrogen-bond donors (Lipinski definition) is 0. The molecule has 1 heterocycles. The van der Waals surface area contributed by atoms with Gasteiger partial charge in [-0.2, -0.15) is 0 Å². The average molecular weight is 325 g/mol. The third-order valence-corrected chi connectivity index (χ3v) is 4.83. The van der Waals surface area contributed by atoms with Crippen molar-refractivity contribution in [1.29, 1.82) is 0 Å². The van der Waals surface area contributed by atoms with E-state index in [9.17, 15) is 10.1 Å². The number of non-ortho nitro benzene ring substituents is 1. The van der Waals surface area contributed by atoms with E-state index in [2.05, 4.69) is 0 Å². The Kier molecular flexibility index (Phi) is 3.97. The lowest BCUT2D eigenvalue weighted by Gasteiger charge is -2.32. The third-order valence-electron chi connectivity index (χ3n) is 4.83. The van der Waals surface area contributed by atoms with E-state index in [0.29, 0.717) is 0 Å². The molecule has 0 radical (unpaired) electrons. The van der Waals surface area contributed by atoms with Crippen molar-refractivity contribution < 1.29 is 14.2 Å². The molecule has 0 saturated carbocycles. The Balaban J connectivity index is 1.84. The van der Waals surface area contributed by atoms with Crippen LogP contribution in [0.4, 0.5) is 5.69 Å². The van der Waals surface area contributed by atoms with Gasteiger partial charge in [-0.3, -0.25) is 10.1 Å². The molecular weight excluding hydrogens is 305 g/mol. The minimum atomic E-state index is -0.408. The highest BCUT2D eigenvalue weighted by Gasteiger charge is 2.51. The van der Waals surface area contributed by atoms with Gasteiger partial charge in [-0.25, -0.2) is 0 Å². The van der Waals surface area contributed by atoms with Crippen molar-refractivity contribution in [3.8, 4) is 11.1 Å². The SMILES string of the molecule is CC1(C)OB(c2ccc(-c3cccc([N+](=O)[O-])c3)cc2)OC1(C)C. The van der Waals surface area contributed by atoms with Crippen LogP contribution in [0.3, 0.4) is 0 Å². The summed E-state index contributed by atoms with van der Waals surface area (Å²) >= 11 is 0. The van der Waals surface area contributed by atoms with Crippen molar-refractivity contribution in [2.75, 3.05) is 0 Å². The van der Waals surface area contributed by atoms with Crippen molar-refractivity contribution in [3.63, 3.8) is 0 Å². The Hall–Kier alpha value is -2.18. The molecule has 0 unspecified atom stereocenters. The Bertz CT molecular complexity index is 755. The minimum Gasteiger partial charge on any atom is -0.399 e. The molecule has 1 aliphatic rings. The maximum atomic E-state index is 10.9. The van der Waals surface area contributed by atoms with E-state index in [-0.39, 0.29) is 21.8 Å². The van der Waals surface area contributed by atoms with Crippen LogP contribution in [0.2, 0.25) is 0 Å². The summed E-state index contributed by atoms with van der Waals surface area (Å²) in [5.74, 6) is 0. The van der Waals surface area contributed by atoms with Crippen LogP contribution in [0.5, 0.6) is 0 Å². The van der Waals surface area contributed by atoms with Gasteiger partial charge in [0.25, 0.3) is 5.69 Å². The van der Waals surface area contributed by atoms with Gasteiger partial charge in [0.1, 0.15) is 0 Å². The minimum absolute atomic E-state index is 0.0857. The molecule has 0 aliphatic carbocycles. The highest BCUT2D eigenvalue weighted by molar-refractivity contribution is 6.62. The van der Waals surface area contributed by atoms with Crippen LogP contribution in [0.25, 0.3) is 11.1 Å². The second-order valence-electron chi connectivity index (χ2n) is 7.02. The number of rotatable bonds is 3. The summed E-state index contributed by atoms with van der Waals surface area (Å²) in [6.45, 7) is 8.07. The van der Waals surface area contributed by atoms with Crippen LogP contribution >= 0.6 is 0 Å². The zero-order valence-corrected chi connectivity index (χ0v) is 14.3. The fraction of sp³-hybridized carbons (Fsp3) is 0.333. The third kappa shape index (κ3) is 2.95. The molecule has 0 amide bonds. The number of nitro benzene ring substituents is 1. The van der Waals surface area contributed by atoms with Crippen molar-refractivity contribution >= 4 is 18.3 Å². The van der Waals surface area contributed by atoms with Gasteiger partial charge in [-0.15, -0.1) is 0 Å². The summed E-state index contributed by atoms with van der Waals surface area (Å²) in [6, 6.07) is 14.4. The van der Waals surface area contributed by atoms with Crippen LogP contribution < -0.4 is 5.46 Å². The zero-order valence-electron chi connectivity index (χ0n) is 14.3. The molecule has 0 atom stereocenters. The van der Waals surface area contributed by atoms with Crippen molar-refractivity contribution in [2.45, 2.75) is 38.9 Å². The number of hydrogen-bond acceptors (Lipinski definition) is 4. The molecule has 2 aromatic carbocycles. The van der Waals surface area contributed by atoms with Crippen LogP contribution in [0.15, 0.2) is 48.5 Å². The summed E-state index contributed by atoms with van der Waals surface area (Å²) in [5, 5.41) is 10.9. The molecule has 1 fully saturated rings. The molecule has 6 heteroatoms. The van der Waals surface area contributed by atoms with Crippen LogP contribution in [0.1, 0.15) is 27.7 Å². The van der Waals surface area contributed by atoms with Gasteiger partial charge < -0.3 is 9.31 Å². The smallest absolute Gasteiger partial charge is 0.399 e. The molecule has 24 heavy (non-hydrogen) atoms. The molecule has 0 bridgehead atoms. The van der Waals surface area contributed by atoms with Crippen molar-refractivity contribution in [3.05, 3.63) is 58.6 Å². The predicted octanol–water partition coefficient (Wildman–Crippen LogP) is 3.56. The van der Waals surface area contributed by atoms with Gasteiger partial charge in [0, 0.05) is 12.1 Å². The molecule has 1 aliphatic heterocycles. The fourth-order valence-corrected chi connectivity index (χ4v) is 2.61. The first-order chi connectivity index (χ1) is 11.2. The van der Waals surface area contributed by atoms with Gasteiger partial charge in [0.05, 0.1) is 16.1 Å². The molecule has 5 nitrogen and oxygen atoms in total. The molecule has 2 aromatic rings. The van der Waals surface area contributed by atoms with Crippen LogP contribution in [-0.2, 0) is 9.31 Å². The fourth-order valence-electron chi connectivity index (χ4n) is 2.61. The first-order valence-electron chi connectivity index (χ1n) is 7.90. The maximum absolute atomic E-state index is 10.9. The Morgan fingerprint density at radius 3 is 2.04 bits per heavy atom. The van der Waals surface area contributed by atoms with Gasteiger partial charge >= 0.3 is 7.12 Å². The number of benzene rings is 2. The molecule has 3 rings (SSSR count). The predicted molar refractivity (Wildman–Crippen MR) is 94.2 cm³/mol. The number of nitro groups is 1. The van der Waals surface area contributed by atoms with Gasteiger partial charge in [0.15, 0.2) is 0 Å². The summed E-state index contributed by atoms with van der Waals surface area (Å²) < 4.78 is 12.1. The van der Waals surface area contributed by atoms with Crippen molar-refractivity contribution in [1.82, 2.24) is 0 Å². The molecule has 124 valence electrons. The summed E-state index contributed by atoms with van der Waals surface area (Å²) in [4.78, 5) is 10.5. The highest BCUT2D eigenvalue weighted by atomic mass is 16.7. The highest BCUT2D eigenvalue weighted by Crippen LogP contribution is 2.36. The quantitative estimate of drug-likeness (QED) is 0.492. The summed E-state index contributed by atoms with van der Waals surface area (Å²) in [7, 11) is -0.408. The molecule has 1 saturated heterocycles. The second kappa shape index (κ2) is 5.72. The van der Waals surface area contributed by atoms with Gasteiger partial charge in [-0.1, -0.05) is 36.4 Å². The van der Waals surface area contributed by atoms with Crippen molar-refractivity contribution in [2.24, 2.45) is 0 Å². The van der Waals surface area contributed by atoms with E-state index in [1.54, 1.807) is 12.1 Å². The first kappa shape index (κ1) is 16.7. The normalized spacial score (nSPS) is 18.6. The monoisotopic (exact) mass is 325 g/mol. The lowest BCUT2D eigenvalue weighted by Crippen LogP contribution is -2.41. The van der Waals surface area contributed by atoms with Crippen LogP contribution in [0, 0.1) is 10.1 Å². The second-order valence-corrected chi connectivity index (χ2v) is 7.02. The number of nitrogens with zero attached hydrogens (tertiary/aromatic N) is 1. The summed E-state index contributed by atoms with van der Waals surface area (Å²) in [6.07, 6.45) is 0. The molecular formula is C18H20BNO4. The van der Waals surface area contributed by atoms with E-state index < -0.39 is 7.12 Å².